The van der Waals surface area contributed by atoms with Crippen molar-refractivity contribution < 1.29 is 0 Å². The minimum atomic E-state index is 1.09. The minimum absolute atomic E-state index is 1.09. The predicted molar refractivity (Wildman–Crippen MR) is 89.7 cm³/mol. The molecule has 0 aromatic heterocycles. The van der Waals surface area contributed by atoms with Crippen molar-refractivity contribution >= 4 is 17.3 Å². The Balaban J connectivity index is 2.16. The molecule has 0 saturated carbocycles. The number of rotatable bonds is 3. The van der Waals surface area contributed by atoms with Gasteiger partial charge in [-0.1, -0.05) is 24.3 Å². The summed E-state index contributed by atoms with van der Waals surface area (Å²) in [5, 5.41) is 9.12. The molecule has 3 rings (SSSR count). The fourth-order valence-corrected chi connectivity index (χ4v) is 3.99. The molecule has 2 nitrogen and oxygen atoms in total. The second kappa shape index (κ2) is 6.41. The third-order valence-electron chi connectivity index (χ3n) is 4.36. The van der Waals surface area contributed by atoms with Crippen LogP contribution in [0.4, 0.5) is 0 Å². The number of fused-ring (bicyclic) bond motifs is 1. The second-order valence-electron chi connectivity index (χ2n) is 5.51. The van der Waals surface area contributed by atoms with Crippen molar-refractivity contribution in [1.82, 2.24) is 4.90 Å². The van der Waals surface area contributed by atoms with Crippen LogP contribution in [-0.2, 0) is 6.42 Å². The van der Waals surface area contributed by atoms with Gasteiger partial charge >= 0.3 is 0 Å². The van der Waals surface area contributed by atoms with Crippen LogP contribution in [0.3, 0.4) is 0 Å². The third kappa shape index (κ3) is 2.73. The Morgan fingerprint density at radius 1 is 1.24 bits per heavy atom. The highest BCUT2D eigenvalue weighted by molar-refractivity contribution is 8.03. The van der Waals surface area contributed by atoms with Crippen LogP contribution in [0.5, 0.6) is 0 Å². The molecule has 0 unspecified atom stereocenters. The zero-order valence-electron chi connectivity index (χ0n) is 12.4. The SMILES string of the molecule is CS/C(=C\C#N)C1=C(N2CCCC2)CCc2ccccc21. The highest BCUT2D eigenvalue weighted by Gasteiger charge is 2.26. The molecule has 0 spiro atoms. The smallest absolute Gasteiger partial charge is 0.0924 e. The lowest BCUT2D eigenvalue weighted by Gasteiger charge is -2.31. The number of aryl methyl sites for hydroxylation is 1. The summed E-state index contributed by atoms with van der Waals surface area (Å²) in [6.07, 6.45) is 8.55. The van der Waals surface area contributed by atoms with Gasteiger partial charge in [-0.25, -0.2) is 0 Å². The van der Waals surface area contributed by atoms with Crippen LogP contribution in [0.1, 0.15) is 30.4 Å². The average molecular weight is 296 g/mol. The van der Waals surface area contributed by atoms with Crippen molar-refractivity contribution in [2.75, 3.05) is 19.3 Å². The normalized spacial score (nSPS) is 18.7. The van der Waals surface area contributed by atoms with Crippen molar-refractivity contribution in [3.8, 4) is 6.07 Å². The summed E-state index contributed by atoms with van der Waals surface area (Å²) >= 11 is 1.68. The topological polar surface area (TPSA) is 27.0 Å². The lowest BCUT2D eigenvalue weighted by atomic mass is 9.87. The molecule has 0 bridgehead atoms. The first kappa shape index (κ1) is 14.3. The first-order valence-corrected chi connectivity index (χ1v) is 8.78. The van der Waals surface area contributed by atoms with Gasteiger partial charge in [-0.2, -0.15) is 5.26 Å². The van der Waals surface area contributed by atoms with E-state index >= 15 is 0 Å². The molecule has 1 aliphatic heterocycles. The van der Waals surface area contributed by atoms with E-state index in [1.165, 1.54) is 35.2 Å². The van der Waals surface area contributed by atoms with Crippen LogP contribution in [0.15, 0.2) is 40.9 Å². The summed E-state index contributed by atoms with van der Waals surface area (Å²) in [6.45, 7) is 2.32. The third-order valence-corrected chi connectivity index (χ3v) is 5.12. The van der Waals surface area contributed by atoms with E-state index < -0.39 is 0 Å². The summed E-state index contributed by atoms with van der Waals surface area (Å²) in [5.74, 6) is 0. The molecular formula is C18H20N2S. The molecule has 1 aromatic carbocycles. The van der Waals surface area contributed by atoms with Gasteiger partial charge in [0.2, 0.25) is 0 Å². The number of likely N-dealkylation sites (tertiary alicyclic amines) is 1. The maximum Gasteiger partial charge on any atom is 0.0924 e. The molecule has 21 heavy (non-hydrogen) atoms. The van der Waals surface area contributed by atoms with E-state index in [4.69, 9.17) is 5.26 Å². The molecule has 1 aromatic rings. The molecule has 0 N–H and O–H groups in total. The number of hydrogen-bond donors (Lipinski definition) is 0. The number of hydrogen-bond acceptors (Lipinski definition) is 3. The van der Waals surface area contributed by atoms with Gasteiger partial charge in [-0.15, -0.1) is 11.8 Å². The predicted octanol–water partition coefficient (Wildman–Crippen LogP) is 4.21. The van der Waals surface area contributed by atoms with Crippen LogP contribution in [0, 0.1) is 11.3 Å². The summed E-state index contributed by atoms with van der Waals surface area (Å²) in [6, 6.07) is 10.9. The van der Waals surface area contributed by atoms with Crippen LogP contribution < -0.4 is 0 Å². The van der Waals surface area contributed by atoms with Gasteiger partial charge in [0.1, 0.15) is 0 Å². The van der Waals surface area contributed by atoms with E-state index in [1.54, 1.807) is 17.8 Å². The number of nitrogens with zero attached hydrogens (tertiary/aromatic N) is 2. The molecular weight excluding hydrogens is 276 g/mol. The Morgan fingerprint density at radius 2 is 2.00 bits per heavy atom. The molecule has 2 aliphatic rings. The van der Waals surface area contributed by atoms with Crippen LogP contribution in [0.25, 0.3) is 5.57 Å². The van der Waals surface area contributed by atoms with E-state index in [2.05, 4.69) is 41.5 Å². The molecule has 3 heteroatoms. The summed E-state index contributed by atoms with van der Waals surface area (Å²) in [7, 11) is 0. The zero-order valence-corrected chi connectivity index (χ0v) is 13.2. The molecule has 1 aliphatic carbocycles. The lowest BCUT2D eigenvalue weighted by Crippen LogP contribution is -2.23. The van der Waals surface area contributed by atoms with Gasteiger partial charge in [0.15, 0.2) is 0 Å². The molecule has 1 heterocycles. The molecule has 0 amide bonds. The monoisotopic (exact) mass is 296 g/mol. The fraction of sp³-hybridized carbons (Fsp3) is 0.389. The first-order chi connectivity index (χ1) is 10.3. The van der Waals surface area contributed by atoms with Gasteiger partial charge in [-0.3, -0.25) is 0 Å². The number of allylic oxidation sites excluding steroid dienone is 3. The quantitative estimate of drug-likeness (QED) is 0.782. The Labute approximate surface area is 131 Å². The van der Waals surface area contributed by atoms with Gasteiger partial charge in [0.05, 0.1) is 6.07 Å². The van der Waals surface area contributed by atoms with Gasteiger partial charge < -0.3 is 4.90 Å². The number of benzene rings is 1. The van der Waals surface area contributed by atoms with E-state index in [9.17, 15) is 0 Å². The lowest BCUT2D eigenvalue weighted by molar-refractivity contribution is 0.409. The van der Waals surface area contributed by atoms with Crippen molar-refractivity contribution in [3.63, 3.8) is 0 Å². The van der Waals surface area contributed by atoms with E-state index in [-0.39, 0.29) is 0 Å². The van der Waals surface area contributed by atoms with Crippen molar-refractivity contribution in [2.45, 2.75) is 25.7 Å². The fourth-order valence-electron chi connectivity index (χ4n) is 3.39. The zero-order chi connectivity index (χ0) is 14.7. The van der Waals surface area contributed by atoms with Crippen molar-refractivity contribution in [3.05, 3.63) is 52.1 Å². The highest BCUT2D eigenvalue weighted by Crippen LogP contribution is 2.41. The summed E-state index contributed by atoms with van der Waals surface area (Å²) < 4.78 is 0. The highest BCUT2D eigenvalue weighted by atomic mass is 32.2. The van der Waals surface area contributed by atoms with Gasteiger partial charge in [0, 0.05) is 35.3 Å². The summed E-state index contributed by atoms with van der Waals surface area (Å²) in [5.41, 5.74) is 5.48. The maximum absolute atomic E-state index is 9.12. The standard InChI is InChI=1S/C18H20N2S/c1-21-17(10-11-19)18-15-7-3-2-6-14(15)8-9-16(18)20-12-4-5-13-20/h2-3,6-7,10H,4-5,8-9,12-13H2,1H3/b17-10-. The Hall–Kier alpha value is -1.66. The van der Waals surface area contributed by atoms with Crippen LogP contribution in [-0.4, -0.2) is 24.2 Å². The molecule has 108 valence electrons. The van der Waals surface area contributed by atoms with Gasteiger partial charge in [-0.05, 0) is 43.1 Å². The van der Waals surface area contributed by atoms with E-state index in [0.29, 0.717) is 0 Å². The molecule has 0 atom stereocenters. The average Bonchev–Trinajstić information content (AvgIpc) is 3.06. The van der Waals surface area contributed by atoms with E-state index in [0.717, 1.165) is 30.8 Å². The van der Waals surface area contributed by atoms with Crippen LogP contribution in [0.2, 0.25) is 0 Å². The van der Waals surface area contributed by atoms with Crippen LogP contribution >= 0.6 is 11.8 Å². The Bertz CT molecular complexity index is 631. The molecule has 0 radical (unpaired) electrons. The van der Waals surface area contributed by atoms with Gasteiger partial charge in [0.25, 0.3) is 0 Å². The largest absolute Gasteiger partial charge is 0.374 e. The first-order valence-electron chi connectivity index (χ1n) is 7.55. The Kier molecular flexibility index (Phi) is 4.36. The summed E-state index contributed by atoms with van der Waals surface area (Å²) in [4.78, 5) is 3.64. The molecule has 1 saturated heterocycles. The van der Waals surface area contributed by atoms with Crippen molar-refractivity contribution in [2.24, 2.45) is 0 Å². The molecule has 1 fully saturated rings. The Morgan fingerprint density at radius 3 is 2.71 bits per heavy atom. The minimum Gasteiger partial charge on any atom is -0.374 e. The van der Waals surface area contributed by atoms with Crippen molar-refractivity contribution in [1.29, 1.82) is 5.26 Å². The second-order valence-corrected chi connectivity index (χ2v) is 6.36. The number of thioether (sulfide) groups is 1. The maximum atomic E-state index is 9.12. The van der Waals surface area contributed by atoms with E-state index in [1.807, 2.05) is 0 Å². The number of nitriles is 1.